The van der Waals surface area contributed by atoms with E-state index in [1.54, 1.807) is 7.11 Å². The summed E-state index contributed by atoms with van der Waals surface area (Å²) >= 11 is 0. The largest absolute Gasteiger partial charge is 0.383 e. The second-order valence-electron chi connectivity index (χ2n) is 7.15. The van der Waals surface area contributed by atoms with Gasteiger partial charge in [-0.25, -0.2) is 0 Å². The van der Waals surface area contributed by atoms with Crippen molar-refractivity contribution in [2.45, 2.75) is 18.9 Å². The molecule has 4 heteroatoms. The van der Waals surface area contributed by atoms with Crippen LogP contribution < -0.4 is 4.90 Å². The van der Waals surface area contributed by atoms with Gasteiger partial charge in [-0.15, -0.1) is 0 Å². The molecule has 1 saturated heterocycles. The monoisotopic (exact) mass is 352 g/mol. The maximum absolute atomic E-state index is 6.14. The number of fused-ring (bicyclic) bond motifs is 2. The number of hydrogen-bond donors (Lipinski definition) is 0. The highest BCUT2D eigenvalue weighted by molar-refractivity contribution is 5.71. The van der Waals surface area contributed by atoms with Gasteiger partial charge >= 0.3 is 0 Å². The minimum Gasteiger partial charge on any atom is -0.383 e. The molecule has 4 nitrogen and oxygen atoms in total. The molecule has 2 aromatic carbocycles. The Bertz CT molecular complexity index is 686. The molecule has 2 heterocycles. The quantitative estimate of drug-likeness (QED) is 0.825. The molecule has 0 spiro atoms. The first-order valence-electron chi connectivity index (χ1n) is 9.61. The van der Waals surface area contributed by atoms with Gasteiger partial charge in [0.15, 0.2) is 0 Å². The van der Waals surface area contributed by atoms with E-state index >= 15 is 0 Å². The summed E-state index contributed by atoms with van der Waals surface area (Å²) in [5.74, 6) is 0. The summed E-state index contributed by atoms with van der Waals surface area (Å²) in [6.45, 7) is 5.39. The maximum Gasteiger partial charge on any atom is 0.0881 e. The summed E-state index contributed by atoms with van der Waals surface area (Å²) in [7, 11) is 1.77. The third-order valence-electron chi connectivity index (χ3n) is 5.45. The molecule has 0 aromatic heterocycles. The number of para-hydroxylation sites is 2. The van der Waals surface area contributed by atoms with E-state index in [4.69, 9.17) is 9.47 Å². The summed E-state index contributed by atoms with van der Waals surface area (Å²) in [6, 6.07) is 17.6. The molecule has 0 N–H and O–H groups in total. The first-order valence-corrected chi connectivity index (χ1v) is 9.61. The van der Waals surface area contributed by atoms with Crippen molar-refractivity contribution in [3.63, 3.8) is 0 Å². The molecule has 1 atom stereocenters. The molecule has 1 fully saturated rings. The van der Waals surface area contributed by atoms with Gasteiger partial charge in [0.2, 0.25) is 0 Å². The van der Waals surface area contributed by atoms with Crippen LogP contribution >= 0.6 is 0 Å². The van der Waals surface area contributed by atoms with E-state index in [-0.39, 0.29) is 6.10 Å². The standard InChI is InChI=1S/C22H28N2O2/c1-25-14-12-23-13-15-26-20(16-23)17-24-21-8-4-2-6-18(21)10-11-19-7-3-5-9-22(19)24/h2-9,20H,10-17H2,1H3. The van der Waals surface area contributed by atoms with Crippen LogP contribution in [0.3, 0.4) is 0 Å². The Labute approximate surface area is 156 Å². The lowest BCUT2D eigenvalue weighted by molar-refractivity contribution is -0.0289. The van der Waals surface area contributed by atoms with E-state index in [2.05, 4.69) is 58.3 Å². The van der Waals surface area contributed by atoms with Crippen LogP contribution in [-0.4, -0.2) is 57.5 Å². The van der Waals surface area contributed by atoms with Crippen molar-refractivity contribution in [1.82, 2.24) is 4.90 Å². The average Bonchev–Trinajstić information content (AvgIpc) is 2.85. The highest BCUT2D eigenvalue weighted by atomic mass is 16.5. The fraction of sp³-hybridized carbons (Fsp3) is 0.455. The van der Waals surface area contributed by atoms with Gasteiger partial charge in [-0.05, 0) is 36.1 Å². The fourth-order valence-electron chi connectivity index (χ4n) is 4.08. The number of anilines is 2. The summed E-state index contributed by atoms with van der Waals surface area (Å²) in [5.41, 5.74) is 5.51. The van der Waals surface area contributed by atoms with Gasteiger partial charge in [0.05, 0.1) is 25.9 Å². The van der Waals surface area contributed by atoms with Crippen LogP contribution in [0.2, 0.25) is 0 Å². The van der Waals surface area contributed by atoms with E-state index in [1.807, 2.05) is 0 Å². The molecule has 2 aromatic rings. The Hall–Kier alpha value is -1.88. The molecule has 1 unspecified atom stereocenters. The van der Waals surface area contributed by atoms with Crippen molar-refractivity contribution < 1.29 is 9.47 Å². The number of ether oxygens (including phenoxy) is 2. The summed E-state index contributed by atoms with van der Waals surface area (Å²) < 4.78 is 11.4. The van der Waals surface area contributed by atoms with Gasteiger partial charge in [0.25, 0.3) is 0 Å². The first-order chi connectivity index (χ1) is 12.8. The van der Waals surface area contributed by atoms with E-state index < -0.39 is 0 Å². The number of morpholine rings is 1. The van der Waals surface area contributed by atoms with E-state index in [0.717, 1.165) is 52.2 Å². The van der Waals surface area contributed by atoms with Gasteiger partial charge in [-0.3, -0.25) is 4.90 Å². The molecule has 0 amide bonds. The SMILES string of the molecule is COCCN1CCOC(CN2c3ccccc3CCc3ccccc32)C1. The maximum atomic E-state index is 6.14. The van der Waals surface area contributed by atoms with Crippen molar-refractivity contribution in [1.29, 1.82) is 0 Å². The molecule has 0 aliphatic carbocycles. The summed E-state index contributed by atoms with van der Waals surface area (Å²) in [6.07, 6.45) is 2.39. The third-order valence-corrected chi connectivity index (χ3v) is 5.45. The highest BCUT2D eigenvalue weighted by Gasteiger charge is 2.26. The molecule has 26 heavy (non-hydrogen) atoms. The number of methoxy groups -OCH3 is 1. The van der Waals surface area contributed by atoms with Gasteiger partial charge in [-0.1, -0.05) is 36.4 Å². The third kappa shape index (κ3) is 3.78. The van der Waals surface area contributed by atoms with Crippen molar-refractivity contribution >= 4 is 11.4 Å². The van der Waals surface area contributed by atoms with Gasteiger partial charge in [-0.2, -0.15) is 0 Å². The van der Waals surface area contributed by atoms with Crippen LogP contribution in [-0.2, 0) is 22.3 Å². The summed E-state index contributed by atoms with van der Waals surface area (Å²) in [5, 5.41) is 0. The lowest BCUT2D eigenvalue weighted by Gasteiger charge is -2.37. The van der Waals surface area contributed by atoms with Crippen LogP contribution in [0.5, 0.6) is 0 Å². The number of rotatable bonds is 5. The normalized spacial score (nSPS) is 20.3. The molecule has 0 saturated carbocycles. The molecule has 0 bridgehead atoms. The van der Waals surface area contributed by atoms with Crippen molar-refractivity contribution in [2.75, 3.05) is 51.4 Å². The Morgan fingerprint density at radius 2 is 1.65 bits per heavy atom. The van der Waals surface area contributed by atoms with Crippen molar-refractivity contribution in [3.05, 3.63) is 59.7 Å². The van der Waals surface area contributed by atoms with Gasteiger partial charge in [0.1, 0.15) is 0 Å². The summed E-state index contributed by atoms with van der Waals surface area (Å²) in [4.78, 5) is 4.93. The zero-order chi connectivity index (χ0) is 17.8. The number of nitrogens with zero attached hydrogens (tertiary/aromatic N) is 2. The van der Waals surface area contributed by atoms with Crippen LogP contribution in [0.4, 0.5) is 11.4 Å². The molecule has 4 rings (SSSR count). The average molecular weight is 352 g/mol. The predicted molar refractivity (Wildman–Crippen MR) is 105 cm³/mol. The second-order valence-corrected chi connectivity index (χ2v) is 7.15. The fourth-order valence-corrected chi connectivity index (χ4v) is 4.08. The van der Waals surface area contributed by atoms with Crippen molar-refractivity contribution in [2.24, 2.45) is 0 Å². The Kier molecular flexibility index (Phi) is 5.54. The minimum absolute atomic E-state index is 0.208. The Morgan fingerprint density at radius 1 is 1.00 bits per heavy atom. The molecular weight excluding hydrogens is 324 g/mol. The second kappa shape index (κ2) is 8.21. The molecule has 0 radical (unpaired) electrons. The Morgan fingerprint density at radius 3 is 2.31 bits per heavy atom. The van der Waals surface area contributed by atoms with Crippen LogP contribution in [0, 0.1) is 0 Å². The van der Waals surface area contributed by atoms with Gasteiger partial charge in [0, 0.05) is 38.1 Å². The zero-order valence-corrected chi connectivity index (χ0v) is 15.6. The molecular formula is C22H28N2O2. The van der Waals surface area contributed by atoms with Crippen LogP contribution in [0.1, 0.15) is 11.1 Å². The molecule has 2 aliphatic heterocycles. The number of aryl methyl sites for hydroxylation is 2. The number of benzene rings is 2. The van der Waals surface area contributed by atoms with Crippen LogP contribution in [0.15, 0.2) is 48.5 Å². The van der Waals surface area contributed by atoms with E-state index in [0.29, 0.717) is 0 Å². The highest BCUT2D eigenvalue weighted by Crippen LogP contribution is 2.36. The zero-order valence-electron chi connectivity index (χ0n) is 15.6. The van der Waals surface area contributed by atoms with E-state index in [9.17, 15) is 0 Å². The first kappa shape index (κ1) is 17.5. The van der Waals surface area contributed by atoms with Crippen LogP contribution in [0.25, 0.3) is 0 Å². The predicted octanol–water partition coefficient (Wildman–Crippen LogP) is 3.27. The Balaban J connectivity index is 1.59. The minimum atomic E-state index is 0.208. The number of hydrogen-bond acceptors (Lipinski definition) is 4. The van der Waals surface area contributed by atoms with Crippen molar-refractivity contribution in [3.8, 4) is 0 Å². The smallest absolute Gasteiger partial charge is 0.0881 e. The lowest BCUT2D eigenvalue weighted by atomic mass is 10.0. The van der Waals surface area contributed by atoms with E-state index in [1.165, 1.54) is 22.5 Å². The topological polar surface area (TPSA) is 24.9 Å². The lowest BCUT2D eigenvalue weighted by Crippen LogP contribution is -2.47. The molecule has 138 valence electrons. The van der Waals surface area contributed by atoms with Gasteiger partial charge < -0.3 is 14.4 Å². The molecule has 2 aliphatic rings.